The van der Waals surface area contributed by atoms with Crippen molar-refractivity contribution in [1.82, 2.24) is 0 Å². The number of aryl methyl sites for hydroxylation is 1. The zero-order chi connectivity index (χ0) is 26.2. The van der Waals surface area contributed by atoms with Crippen LogP contribution in [0.4, 0.5) is 5.69 Å². The van der Waals surface area contributed by atoms with Crippen molar-refractivity contribution >= 4 is 75.9 Å². The molecule has 4 aromatic rings. The number of ether oxygens (including phenoxy) is 1. The van der Waals surface area contributed by atoms with Gasteiger partial charge in [-0.3, -0.25) is 4.55 Å². The fourth-order valence-electron chi connectivity index (χ4n) is 4.47. The second-order valence-corrected chi connectivity index (χ2v) is 13.4. The van der Waals surface area contributed by atoms with Crippen LogP contribution < -0.4 is 14.2 Å². The van der Waals surface area contributed by atoms with Gasteiger partial charge in [0.05, 0.1) is 23.6 Å². The Morgan fingerprint density at radius 2 is 1.97 bits per heavy atom. The first-order chi connectivity index (χ1) is 17.8. The smallest absolute Gasteiger partial charge is 0.281 e. The molecule has 2 aromatic heterocycles. The maximum absolute atomic E-state index is 11.4. The molecule has 1 aliphatic rings. The number of anilines is 1. The summed E-state index contributed by atoms with van der Waals surface area (Å²) in [5.74, 6) is 0.599. The molecule has 10 heteroatoms. The van der Waals surface area contributed by atoms with E-state index >= 15 is 0 Å². The van der Waals surface area contributed by atoms with Gasteiger partial charge in [-0.1, -0.05) is 59.6 Å². The largest absolute Gasteiger partial charge is 0.497 e. The molecule has 0 fully saturated rings. The first kappa shape index (κ1) is 26.2. The van der Waals surface area contributed by atoms with Gasteiger partial charge in [-0.2, -0.15) is 13.0 Å². The predicted molar refractivity (Wildman–Crippen MR) is 157 cm³/mol. The number of nitrogens with zero attached hydrogens (tertiary/aromatic N) is 2. The Bertz CT molecular complexity index is 1630. The van der Waals surface area contributed by atoms with Crippen LogP contribution in [0, 0.1) is 0 Å². The van der Waals surface area contributed by atoms with Crippen molar-refractivity contribution in [3.05, 3.63) is 64.2 Å². The van der Waals surface area contributed by atoms with Crippen LogP contribution in [0.25, 0.3) is 25.7 Å². The third kappa shape index (κ3) is 5.44. The highest BCUT2D eigenvalue weighted by atomic mass is 32.2. The number of hydrogen-bond donors (Lipinski definition) is 1. The van der Waals surface area contributed by atoms with E-state index in [0.29, 0.717) is 13.0 Å². The molecule has 0 radical (unpaired) electrons. The number of thiophene rings is 1. The third-order valence-corrected chi connectivity index (χ3v) is 10.7. The van der Waals surface area contributed by atoms with Crippen molar-refractivity contribution in [1.29, 1.82) is 0 Å². The first-order valence-electron chi connectivity index (χ1n) is 12.2. The number of thioether (sulfide) groups is 1. The van der Waals surface area contributed by atoms with Gasteiger partial charge in [-0.05, 0) is 43.2 Å². The molecule has 2 aromatic carbocycles. The van der Waals surface area contributed by atoms with E-state index in [4.69, 9.17) is 4.74 Å². The molecular formula is C27H29N2O4S4+. The van der Waals surface area contributed by atoms with E-state index in [1.165, 1.54) is 30.3 Å². The Hall–Kier alpha value is -2.37. The van der Waals surface area contributed by atoms with Crippen molar-refractivity contribution < 1.29 is 22.3 Å². The maximum Gasteiger partial charge on any atom is 0.281 e. The fourth-order valence-corrected chi connectivity index (χ4v) is 8.86. The topological polar surface area (TPSA) is 70.7 Å². The molecule has 5 rings (SSSR count). The summed E-state index contributed by atoms with van der Waals surface area (Å²) >= 11 is 5.23. The summed E-state index contributed by atoms with van der Waals surface area (Å²) in [5.41, 5.74) is 2.36. The lowest BCUT2D eigenvalue weighted by Gasteiger charge is -2.18. The zero-order valence-electron chi connectivity index (χ0n) is 20.9. The Labute approximate surface area is 229 Å². The standard InChI is InChI=1S/C27H28N2O4S4/c1-4-18(15-24-28(5-2)21-17-19(33-3)11-12-23(21)34-24)16-25-29(13-8-14-37(30,31)32)27-26(36-25)20-9-6-7-10-22(20)35-27/h6-7,9-12,15-17H,4-5,8,13-14H2,1-3H3/p+1. The molecule has 0 bridgehead atoms. The number of aromatic nitrogens is 1. The minimum Gasteiger partial charge on any atom is -0.497 e. The first-order valence-corrected chi connectivity index (χ1v) is 16.2. The predicted octanol–water partition coefficient (Wildman–Crippen LogP) is 6.96. The van der Waals surface area contributed by atoms with Gasteiger partial charge in [0.25, 0.3) is 20.0 Å². The van der Waals surface area contributed by atoms with Crippen LogP contribution >= 0.6 is 34.4 Å². The third-order valence-electron chi connectivity index (χ3n) is 6.31. The normalized spacial score (nSPS) is 15.3. The molecule has 0 spiro atoms. The van der Waals surface area contributed by atoms with Crippen LogP contribution in [-0.2, 0) is 16.7 Å². The number of rotatable bonds is 9. The minimum absolute atomic E-state index is 0.250. The van der Waals surface area contributed by atoms with Gasteiger partial charge in [0.2, 0.25) is 0 Å². The van der Waals surface area contributed by atoms with Gasteiger partial charge in [0, 0.05) is 40.1 Å². The van der Waals surface area contributed by atoms with E-state index in [1.807, 2.05) is 12.1 Å². The lowest BCUT2D eigenvalue weighted by molar-refractivity contribution is -0.666. The van der Waals surface area contributed by atoms with Crippen molar-refractivity contribution in [3.8, 4) is 5.75 Å². The van der Waals surface area contributed by atoms with Crippen LogP contribution in [0.2, 0.25) is 0 Å². The summed E-state index contributed by atoms with van der Waals surface area (Å²) in [6.45, 7) is 5.68. The van der Waals surface area contributed by atoms with E-state index in [2.05, 4.69) is 65.8 Å². The van der Waals surface area contributed by atoms with Gasteiger partial charge in [0.15, 0.2) is 6.54 Å². The van der Waals surface area contributed by atoms with Crippen LogP contribution in [-0.4, -0.2) is 32.4 Å². The van der Waals surface area contributed by atoms with E-state index in [-0.39, 0.29) is 5.75 Å². The van der Waals surface area contributed by atoms with Crippen LogP contribution in [0.1, 0.15) is 31.7 Å². The molecule has 1 aliphatic heterocycles. The van der Waals surface area contributed by atoms with E-state index in [0.717, 1.165) is 34.2 Å². The lowest BCUT2D eigenvalue weighted by Crippen LogP contribution is -2.35. The van der Waals surface area contributed by atoms with Gasteiger partial charge in [-0.15, -0.1) is 0 Å². The van der Waals surface area contributed by atoms with Gasteiger partial charge in [-0.25, -0.2) is 0 Å². The highest BCUT2D eigenvalue weighted by Gasteiger charge is 2.26. The minimum atomic E-state index is -4.00. The highest BCUT2D eigenvalue weighted by molar-refractivity contribution is 8.03. The highest BCUT2D eigenvalue weighted by Crippen LogP contribution is 2.47. The summed E-state index contributed by atoms with van der Waals surface area (Å²) in [5, 5.41) is 3.49. The molecule has 194 valence electrons. The Morgan fingerprint density at radius 3 is 2.70 bits per heavy atom. The van der Waals surface area contributed by atoms with Gasteiger partial charge < -0.3 is 9.64 Å². The van der Waals surface area contributed by atoms with Gasteiger partial charge >= 0.3 is 0 Å². The number of allylic oxidation sites excluding steroid dienone is 2. The molecule has 1 N–H and O–H groups in total. The summed E-state index contributed by atoms with van der Waals surface area (Å²) < 4.78 is 42.1. The SMILES string of the molecule is CCC(/C=C1\Sc2ccc(OC)cc2N1CC)=C\c1sc2c3ccccc3sc2[n+]1CCCS(=O)(=O)O. The molecule has 3 heterocycles. The average Bonchev–Trinajstić information content (AvgIpc) is 3.52. The monoisotopic (exact) mass is 573 g/mol. The van der Waals surface area contributed by atoms with Crippen LogP contribution in [0.3, 0.4) is 0 Å². The van der Waals surface area contributed by atoms with Crippen molar-refractivity contribution in [2.45, 2.75) is 38.1 Å². The van der Waals surface area contributed by atoms with Crippen molar-refractivity contribution in [2.24, 2.45) is 0 Å². The summed E-state index contributed by atoms with van der Waals surface area (Å²) in [7, 11) is -2.31. The van der Waals surface area contributed by atoms with Crippen LogP contribution in [0.15, 0.2) is 64.0 Å². The number of fused-ring (bicyclic) bond motifs is 4. The van der Waals surface area contributed by atoms with Gasteiger partial charge in [0.1, 0.15) is 10.4 Å². The summed E-state index contributed by atoms with van der Waals surface area (Å²) in [6, 6.07) is 14.6. The molecule has 0 atom stereocenters. The second-order valence-electron chi connectivity index (χ2n) is 8.70. The molecule has 0 saturated heterocycles. The lowest BCUT2D eigenvalue weighted by atomic mass is 10.2. The summed E-state index contributed by atoms with van der Waals surface area (Å²) in [4.78, 5) is 4.67. The van der Waals surface area contributed by atoms with E-state index < -0.39 is 10.1 Å². The summed E-state index contributed by atoms with van der Waals surface area (Å²) in [6.07, 6.45) is 5.70. The molecule has 0 saturated carbocycles. The number of hydrogen-bond acceptors (Lipinski definition) is 7. The van der Waals surface area contributed by atoms with Crippen LogP contribution in [0.5, 0.6) is 5.75 Å². The quantitative estimate of drug-likeness (QED) is 0.172. The van der Waals surface area contributed by atoms with Crippen molar-refractivity contribution in [2.75, 3.05) is 24.3 Å². The Kier molecular flexibility index (Phi) is 7.65. The average molecular weight is 574 g/mol. The zero-order valence-corrected chi connectivity index (χ0v) is 24.2. The molecule has 6 nitrogen and oxygen atoms in total. The Balaban J connectivity index is 1.55. The second kappa shape index (κ2) is 10.8. The number of thiazole rings is 1. The molecule has 0 aliphatic carbocycles. The van der Waals surface area contributed by atoms with E-state index in [1.54, 1.807) is 41.5 Å². The van der Waals surface area contributed by atoms with Crippen molar-refractivity contribution in [3.63, 3.8) is 0 Å². The molecular weight excluding hydrogens is 545 g/mol. The molecule has 0 unspecified atom stereocenters. The maximum atomic E-state index is 11.4. The fraction of sp³-hybridized carbons (Fsp3) is 0.296. The number of benzene rings is 2. The molecule has 37 heavy (non-hydrogen) atoms. The van der Waals surface area contributed by atoms with E-state index in [9.17, 15) is 13.0 Å². The Morgan fingerprint density at radius 1 is 1.16 bits per heavy atom. The molecule has 0 amide bonds. The number of methoxy groups -OCH3 is 1.